The maximum Gasteiger partial charge on any atom is 0.270 e. The summed E-state index contributed by atoms with van der Waals surface area (Å²) in [4.78, 5) is 10.4. The van der Waals surface area contributed by atoms with Gasteiger partial charge in [-0.1, -0.05) is 36.4 Å². The van der Waals surface area contributed by atoms with Crippen molar-refractivity contribution in [3.63, 3.8) is 0 Å². The lowest BCUT2D eigenvalue weighted by atomic mass is 10.0. The lowest BCUT2D eigenvalue weighted by Crippen LogP contribution is -2.42. The molecule has 2 aromatic carbocycles. The molecule has 0 radical (unpaired) electrons. The first-order valence-electron chi connectivity index (χ1n) is 8.45. The molecule has 1 aliphatic rings. The fourth-order valence-corrected chi connectivity index (χ4v) is 5.11. The van der Waals surface area contributed by atoms with Gasteiger partial charge in [-0.15, -0.1) is 0 Å². The summed E-state index contributed by atoms with van der Waals surface area (Å²) in [6.45, 7) is 0.812. The third-order valence-electron chi connectivity index (χ3n) is 4.74. The van der Waals surface area contributed by atoms with Crippen LogP contribution in [0.25, 0.3) is 0 Å². The smallest absolute Gasteiger partial charge is 0.270 e. The molecule has 0 amide bonds. The number of benzene rings is 2. The number of nitro benzene ring substituents is 1. The van der Waals surface area contributed by atoms with Crippen molar-refractivity contribution in [2.24, 2.45) is 0 Å². The number of sulfonamides is 1. The zero-order valence-electron chi connectivity index (χ0n) is 14.3. The first kappa shape index (κ1) is 17.4. The summed E-state index contributed by atoms with van der Waals surface area (Å²) in [5.41, 5.74) is 1.49. The van der Waals surface area contributed by atoms with E-state index >= 15 is 0 Å². The van der Waals surface area contributed by atoms with E-state index in [1.165, 1.54) is 22.5 Å². The Morgan fingerprint density at radius 2 is 1.74 bits per heavy atom. The first-order valence-corrected chi connectivity index (χ1v) is 9.89. The van der Waals surface area contributed by atoms with Gasteiger partial charge in [0.25, 0.3) is 5.69 Å². The van der Waals surface area contributed by atoms with E-state index in [1.54, 1.807) is 0 Å². The SMILES string of the molecule is O=[N+]([O-])c1cccc(S(=O)(=O)N2CCn3cccc3C2c2ccccc2)c1. The van der Waals surface area contributed by atoms with Crippen molar-refractivity contribution in [2.45, 2.75) is 17.5 Å². The topological polar surface area (TPSA) is 85.4 Å². The molecule has 1 unspecified atom stereocenters. The van der Waals surface area contributed by atoms with E-state index in [4.69, 9.17) is 0 Å². The van der Waals surface area contributed by atoms with Gasteiger partial charge in [0.1, 0.15) is 0 Å². The van der Waals surface area contributed by atoms with Gasteiger partial charge in [0.2, 0.25) is 10.0 Å². The molecule has 27 heavy (non-hydrogen) atoms. The predicted octanol–water partition coefficient (Wildman–Crippen LogP) is 3.19. The second-order valence-electron chi connectivity index (χ2n) is 6.31. The van der Waals surface area contributed by atoms with E-state index in [0.29, 0.717) is 6.54 Å². The molecule has 0 bridgehead atoms. The van der Waals surface area contributed by atoms with Gasteiger partial charge in [-0.25, -0.2) is 8.42 Å². The number of non-ortho nitro benzene ring substituents is 1. The summed E-state index contributed by atoms with van der Waals surface area (Å²) in [5, 5.41) is 11.1. The van der Waals surface area contributed by atoms with Gasteiger partial charge in [-0.2, -0.15) is 4.31 Å². The van der Waals surface area contributed by atoms with Gasteiger partial charge in [0.05, 0.1) is 15.9 Å². The van der Waals surface area contributed by atoms with Crippen LogP contribution in [0.3, 0.4) is 0 Å². The highest BCUT2D eigenvalue weighted by Crippen LogP contribution is 2.36. The third-order valence-corrected chi connectivity index (χ3v) is 6.60. The lowest BCUT2D eigenvalue weighted by molar-refractivity contribution is -0.385. The molecule has 8 heteroatoms. The van der Waals surface area contributed by atoms with E-state index in [-0.39, 0.29) is 17.1 Å². The summed E-state index contributed by atoms with van der Waals surface area (Å²) in [7, 11) is -3.92. The number of rotatable bonds is 4. The second kappa shape index (κ2) is 6.64. The molecule has 0 saturated carbocycles. The van der Waals surface area contributed by atoms with Crippen LogP contribution in [0.2, 0.25) is 0 Å². The normalized spacial score (nSPS) is 17.4. The summed E-state index contributed by atoms with van der Waals surface area (Å²) in [6.07, 6.45) is 1.93. The summed E-state index contributed by atoms with van der Waals surface area (Å²) in [6, 6.07) is 17.9. The second-order valence-corrected chi connectivity index (χ2v) is 8.20. The van der Waals surface area contributed by atoms with Crippen molar-refractivity contribution in [3.05, 3.63) is 94.3 Å². The zero-order valence-corrected chi connectivity index (χ0v) is 15.1. The highest BCUT2D eigenvalue weighted by Gasteiger charge is 2.37. The van der Waals surface area contributed by atoms with Crippen molar-refractivity contribution in [1.82, 2.24) is 8.87 Å². The molecule has 3 aromatic rings. The molecule has 1 atom stereocenters. The third kappa shape index (κ3) is 3.02. The van der Waals surface area contributed by atoms with Crippen molar-refractivity contribution in [1.29, 1.82) is 0 Å². The Balaban J connectivity index is 1.84. The molecule has 2 heterocycles. The summed E-state index contributed by atoms with van der Waals surface area (Å²) in [5.74, 6) is 0. The fourth-order valence-electron chi connectivity index (χ4n) is 3.49. The van der Waals surface area contributed by atoms with Crippen LogP contribution in [0.1, 0.15) is 17.3 Å². The van der Waals surface area contributed by atoms with Gasteiger partial charge >= 0.3 is 0 Å². The molecule has 7 nitrogen and oxygen atoms in total. The molecule has 4 rings (SSSR count). The molecule has 1 aromatic heterocycles. The van der Waals surface area contributed by atoms with Crippen molar-refractivity contribution in [2.75, 3.05) is 6.54 Å². The Hall–Kier alpha value is -2.97. The van der Waals surface area contributed by atoms with Gasteiger partial charge in [-0.05, 0) is 23.8 Å². The molecular weight excluding hydrogens is 366 g/mol. The maximum absolute atomic E-state index is 13.4. The lowest BCUT2D eigenvalue weighted by Gasteiger charge is -2.36. The maximum atomic E-state index is 13.4. The molecule has 0 aliphatic carbocycles. The van der Waals surface area contributed by atoms with E-state index < -0.39 is 21.0 Å². The number of nitro groups is 1. The molecule has 0 N–H and O–H groups in total. The Bertz CT molecular complexity index is 1090. The van der Waals surface area contributed by atoms with Crippen LogP contribution in [0, 0.1) is 10.1 Å². The van der Waals surface area contributed by atoms with Crippen LogP contribution in [-0.2, 0) is 16.6 Å². The molecule has 138 valence electrons. The molecular formula is C19H17N3O4S. The van der Waals surface area contributed by atoms with E-state index in [9.17, 15) is 18.5 Å². The Morgan fingerprint density at radius 1 is 0.963 bits per heavy atom. The molecule has 0 saturated heterocycles. The van der Waals surface area contributed by atoms with E-state index in [1.807, 2.05) is 53.2 Å². The molecule has 1 aliphatic heterocycles. The van der Waals surface area contributed by atoms with Crippen LogP contribution < -0.4 is 0 Å². The van der Waals surface area contributed by atoms with Crippen LogP contribution in [0.15, 0.2) is 77.8 Å². The minimum Gasteiger partial charge on any atom is -0.348 e. The number of hydrogen-bond donors (Lipinski definition) is 0. The fraction of sp³-hybridized carbons (Fsp3) is 0.158. The molecule has 0 fully saturated rings. The van der Waals surface area contributed by atoms with Crippen LogP contribution in [-0.4, -0.2) is 28.8 Å². The number of fused-ring (bicyclic) bond motifs is 1. The Morgan fingerprint density at radius 3 is 2.48 bits per heavy atom. The highest BCUT2D eigenvalue weighted by atomic mass is 32.2. The van der Waals surface area contributed by atoms with Crippen molar-refractivity contribution >= 4 is 15.7 Å². The van der Waals surface area contributed by atoms with Gasteiger partial charge in [0.15, 0.2) is 0 Å². The van der Waals surface area contributed by atoms with E-state index in [2.05, 4.69) is 0 Å². The van der Waals surface area contributed by atoms with Crippen molar-refractivity contribution < 1.29 is 13.3 Å². The van der Waals surface area contributed by atoms with Crippen molar-refractivity contribution in [3.8, 4) is 0 Å². The highest BCUT2D eigenvalue weighted by molar-refractivity contribution is 7.89. The largest absolute Gasteiger partial charge is 0.348 e. The number of aromatic nitrogens is 1. The average Bonchev–Trinajstić information content (AvgIpc) is 3.16. The molecule has 0 spiro atoms. The van der Waals surface area contributed by atoms with E-state index in [0.717, 1.165) is 17.3 Å². The summed E-state index contributed by atoms with van der Waals surface area (Å²) < 4.78 is 30.2. The monoisotopic (exact) mass is 383 g/mol. The zero-order chi connectivity index (χ0) is 19.0. The van der Waals surface area contributed by atoms with Gasteiger partial charge < -0.3 is 4.57 Å². The predicted molar refractivity (Wildman–Crippen MR) is 99.7 cm³/mol. The van der Waals surface area contributed by atoms with Crippen LogP contribution in [0.5, 0.6) is 0 Å². The van der Waals surface area contributed by atoms with Gasteiger partial charge in [-0.3, -0.25) is 10.1 Å². The Labute approximate surface area is 156 Å². The first-order chi connectivity index (χ1) is 13.0. The average molecular weight is 383 g/mol. The Kier molecular flexibility index (Phi) is 4.29. The van der Waals surface area contributed by atoms with Gasteiger partial charge in [0, 0.05) is 37.1 Å². The van der Waals surface area contributed by atoms with Crippen LogP contribution >= 0.6 is 0 Å². The van der Waals surface area contributed by atoms with Crippen LogP contribution in [0.4, 0.5) is 5.69 Å². The minimum atomic E-state index is -3.92. The minimum absolute atomic E-state index is 0.0716. The number of hydrogen-bond acceptors (Lipinski definition) is 4. The number of nitrogens with zero attached hydrogens (tertiary/aromatic N) is 3. The summed E-state index contributed by atoms with van der Waals surface area (Å²) >= 11 is 0. The standard InChI is InChI=1S/C19H17N3O4S/c23-22(24)16-8-4-9-17(14-16)27(25,26)21-13-12-20-11-5-10-18(20)19(21)15-6-2-1-3-7-15/h1-11,14,19H,12-13H2. The quantitative estimate of drug-likeness (QED) is 0.511.